The van der Waals surface area contributed by atoms with E-state index in [2.05, 4.69) is 19.6 Å². The van der Waals surface area contributed by atoms with Crippen molar-refractivity contribution in [2.45, 2.75) is 52.1 Å². The molecule has 0 unspecified atom stereocenters. The molecule has 168 valence electrons. The van der Waals surface area contributed by atoms with Crippen LogP contribution >= 0.6 is 0 Å². The number of β-amino-alcohol motifs (C(OH)–C–C–N with tert-alkyl or cyclic N) is 4. The third-order valence-electron chi connectivity index (χ3n) is 5.02. The number of aliphatic hydroxyl groups is 4. The number of rotatable bonds is 8. The summed E-state index contributed by atoms with van der Waals surface area (Å²) in [6.45, 7) is 16.4. The Balaban J connectivity index is 2.85. The second-order valence-electron chi connectivity index (χ2n) is 8.60. The van der Waals surface area contributed by atoms with E-state index in [1.54, 1.807) is 0 Å². The average molecular weight is 405 g/mol. The molecule has 0 aliphatic carbocycles. The van der Waals surface area contributed by atoms with Crippen LogP contribution in [0.3, 0.4) is 0 Å². The van der Waals surface area contributed by atoms with Crippen LogP contribution in [-0.2, 0) is 0 Å². The van der Waals surface area contributed by atoms with Gasteiger partial charge >= 0.3 is 0 Å². The summed E-state index contributed by atoms with van der Waals surface area (Å²) in [6.07, 6.45) is -1.54. The van der Waals surface area contributed by atoms with Crippen molar-refractivity contribution in [3.63, 3.8) is 0 Å². The molecule has 0 amide bonds. The highest BCUT2D eigenvalue weighted by atomic mass is 16.3. The summed E-state index contributed by atoms with van der Waals surface area (Å²) in [7, 11) is 0. The first-order valence-electron chi connectivity index (χ1n) is 10.8. The second kappa shape index (κ2) is 13.8. The van der Waals surface area contributed by atoms with Gasteiger partial charge in [-0.05, 0) is 27.7 Å². The van der Waals surface area contributed by atoms with Crippen LogP contribution in [0.4, 0.5) is 0 Å². The van der Waals surface area contributed by atoms with Crippen LogP contribution in [-0.4, -0.2) is 143 Å². The van der Waals surface area contributed by atoms with Crippen molar-refractivity contribution >= 4 is 0 Å². The summed E-state index contributed by atoms with van der Waals surface area (Å²) in [4.78, 5) is 9.07. The zero-order valence-electron chi connectivity index (χ0n) is 18.4. The van der Waals surface area contributed by atoms with Crippen LogP contribution in [0.15, 0.2) is 0 Å². The molecule has 0 aromatic carbocycles. The van der Waals surface area contributed by atoms with Gasteiger partial charge in [-0.2, -0.15) is 0 Å². The number of nitrogens with zero attached hydrogens (tertiary/aromatic N) is 4. The molecule has 0 bridgehead atoms. The third-order valence-corrected chi connectivity index (χ3v) is 5.02. The molecular formula is C20H44N4O4. The van der Waals surface area contributed by atoms with E-state index in [1.807, 2.05) is 27.7 Å². The zero-order valence-corrected chi connectivity index (χ0v) is 18.4. The lowest BCUT2D eigenvalue weighted by Crippen LogP contribution is -2.49. The van der Waals surface area contributed by atoms with Crippen molar-refractivity contribution in [2.24, 2.45) is 0 Å². The van der Waals surface area contributed by atoms with E-state index in [1.165, 1.54) is 0 Å². The van der Waals surface area contributed by atoms with E-state index in [4.69, 9.17) is 0 Å². The largest absolute Gasteiger partial charge is 0.392 e. The Hall–Kier alpha value is -0.320. The molecule has 4 atom stereocenters. The smallest absolute Gasteiger partial charge is 0.0639 e. The van der Waals surface area contributed by atoms with Gasteiger partial charge in [-0.25, -0.2) is 0 Å². The van der Waals surface area contributed by atoms with Gasteiger partial charge in [0.25, 0.3) is 0 Å². The third kappa shape index (κ3) is 12.3. The van der Waals surface area contributed by atoms with Crippen molar-refractivity contribution in [1.82, 2.24) is 19.6 Å². The molecule has 1 aliphatic heterocycles. The Bertz CT molecular complexity index is 308. The molecule has 0 aromatic heterocycles. The Labute approximate surface area is 171 Å². The topological polar surface area (TPSA) is 93.9 Å². The van der Waals surface area contributed by atoms with Gasteiger partial charge in [0, 0.05) is 78.5 Å². The van der Waals surface area contributed by atoms with Gasteiger partial charge in [0.15, 0.2) is 0 Å². The Morgan fingerprint density at radius 1 is 0.429 bits per heavy atom. The maximum absolute atomic E-state index is 9.86. The van der Waals surface area contributed by atoms with E-state index in [9.17, 15) is 20.4 Å². The van der Waals surface area contributed by atoms with Crippen LogP contribution in [0.25, 0.3) is 0 Å². The molecular weight excluding hydrogens is 360 g/mol. The second-order valence-corrected chi connectivity index (χ2v) is 8.60. The molecule has 0 aromatic rings. The quantitative estimate of drug-likeness (QED) is 0.398. The van der Waals surface area contributed by atoms with E-state index >= 15 is 0 Å². The van der Waals surface area contributed by atoms with Crippen LogP contribution in [0.1, 0.15) is 27.7 Å². The lowest BCUT2D eigenvalue weighted by atomic mass is 10.2. The summed E-state index contributed by atoms with van der Waals surface area (Å²) in [5.74, 6) is 0. The highest BCUT2D eigenvalue weighted by Gasteiger charge is 2.19. The summed E-state index contributed by atoms with van der Waals surface area (Å²) < 4.78 is 0. The van der Waals surface area contributed by atoms with Gasteiger partial charge in [0.2, 0.25) is 0 Å². The molecule has 1 fully saturated rings. The van der Waals surface area contributed by atoms with Crippen molar-refractivity contribution < 1.29 is 20.4 Å². The van der Waals surface area contributed by atoms with E-state index in [0.717, 1.165) is 52.4 Å². The average Bonchev–Trinajstić information content (AvgIpc) is 2.55. The van der Waals surface area contributed by atoms with Crippen LogP contribution in [0.5, 0.6) is 0 Å². The number of hydrogen-bond donors (Lipinski definition) is 4. The molecule has 1 rings (SSSR count). The predicted octanol–water partition coefficient (Wildman–Crippen LogP) is -1.27. The molecule has 0 spiro atoms. The van der Waals surface area contributed by atoms with E-state index < -0.39 is 0 Å². The van der Waals surface area contributed by atoms with Gasteiger partial charge in [0.05, 0.1) is 24.4 Å². The maximum atomic E-state index is 9.86. The lowest BCUT2D eigenvalue weighted by molar-refractivity contribution is 0.0576. The number of aliphatic hydroxyl groups excluding tert-OH is 4. The van der Waals surface area contributed by atoms with Crippen LogP contribution in [0.2, 0.25) is 0 Å². The molecule has 8 heteroatoms. The fraction of sp³-hybridized carbons (Fsp3) is 1.00. The molecule has 1 saturated heterocycles. The standard InChI is InChI=1S/C20H44N4O4/c1-17(25)13-21-5-7-22(14-18(2)26)9-11-24(16-20(4)28)12-10-23(8-6-21)15-19(3)27/h17-20,25-28H,5-16H2,1-4H3/t17-,18-,19-,20-/m0/s1. The molecule has 1 aliphatic rings. The van der Waals surface area contributed by atoms with Crippen LogP contribution < -0.4 is 0 Å². The number of hydrogen-bond acceptors (Lipinski definition) is 8. The molecule has 4 N–H and O–H groups in total. The minimum Gasteiger partial charge on any atom is -0.392 e. The first-order chi connectivity index (χ1) is 13.2. The molecule has 28 heavy (non-hydrogen) atoms. The Morgan fingerprint density at radius 3 is 0.679 bits per heavy atom. The fourth-order valence-corrected chi connectivity index (χ4v) is 3.80. The van der Waals surface area contributed by atoms with Gasteiger partial charge in [-0.3, -0.25) is 19.6 Å². The van der Waals surface area contributed by atoms with E-state index in [0.29, 0.717) is 26.2 Å². The lowest BCUT2D eigenvalue weighted by Gasteiger charge is -2.35. The predicted molar refractivity (Wildman–Crippen MR) is 112 cm³/mol. The first-order valence-corrected chi connectivity index (χ1v) is 10.8. The summed E-state index contributed by atoms with van der Waals surface area (Å²) in [6, 6.07) is 0. The monoisotopic (exact) mass is 404 g/mol. The molecule has 8 nitrogen and oxygen atoms in total. The normalized spacial score (nSPS) is 24.9. The molecule has 0 saturated carbocycles. The highest BCUT2D eigenvalue weighted by Crippen LogP contribution is 2.04. The Kier molecular flexibility index (Phi) is 12.7. The Morgan fingerprint density at radius 2 is 0.571 bits per heavy atom. The van der Waals surface area contributed by atoms with Gasteiger partial charge in [-0.1, -0.05) is 0 Å². The summed E-state index contributed by atoms with van der Waals surface area (Å²) >= 11 is 0. The molecule has 0 radical (unpaired) electrons. The minimum absolute atomic E-state index is 0.384. The van der Waals surface area contributed by atoms with Crippen LogP contribution in [0, 0.1) is 0 Å². The van der Waals surface area contributed by atoms with Crippen molar-refractivity contribution in [2.75, 3.05) is 78.5 Å². The highest BCUT2D eigenvalue weighted by molar-refractivity contribution is 4.75. The molecule has 1 heterocycles. The summed E-state index contributed by atoms with van der Waals surface area (Å²) in [5, 5.41) is 39.4. The van der Waals surface area contributed by atoms with Gasteiger partial charge in [-0.15, -0.1) is 0 Å². The zero-order chi connectivity index (χ0) is 21.1. The van der Waals surface area contributed by atoms with Crippen molar-refractivity contribution in [3.05, 3.63) is 0 Å². The van der Waals surface area contributed by atoms with Gasteiger partial charge < -0.3 is 20.4 Å². The van der Waals surface area contributed by atoms with Gasteiger partial charge in [0.1, 0.15) is 0 Å². The summed E-state index contributed by atoms with van der Waals surface area (Å²) in [5.41, 5.74) is 0. The van der Waals surface area contributed by atoms with E-state index in [-0.39, 0.29) is 24.4 Å². The minimum atomic E-state index is -0.384. The SMILES string of the molecule is C[C@H](O)CN1CCN(C[C@H](C)O)CCN(C[C@H](C)O)CCN(C[C@H](C)O)CC1. The van der Waals surface area contributed by atoms with Crippen molar-refractivity contribution in [3.8, 4) is 0 Å². The maximum Gasteiger partial charge on any atom is 0.0639 e. The van der Waals surface area contributed by atoms with Crippen molar-refractivity contribution in [1.29, 1.82) is 0 Å². The first kappa shape index (κ1) is 25.7. The fourth-order valence-electron chi connectivity index (χ4n) is 3.80.